The van der Waals surface area contributed by atoms with Gasteiger partial charge < -0.3 is 9.67 Å². The van der Waals surface area contributed by atoms with E-state index < -0.39 is 6.10 Å². The number of piperidine rings is 1. The Morgan fingerprint density at radius 1 is 1.26 bits per heavy atom. The predicted octanol–water partition coefficient (Wildman–Crippen LogP) is 1.18. The van der Waals surface area contributed by atoms with E-state index in [1.807, 2.05) is 16.8 Å². The largest absolute Gasteiger partial charge is 0.388 e. The molecule has 0 radical (unpaired) electrons. The van der Waals surface area contributed by atoms with Gasteiger partial charge in [0.1, 0.15) is 6.04 Å². The van der Waals surface area contributed by atoms with Crippen molar-refractivity contribution in [3.8, 4) is 0 Å². The smallest absolute Gasteiger partial charge is 0.251 e. The summed E-state index contributed by atoms with van der Waals surface area (Å²) >= 11 is 0. The van der Waals surface area contributed by atoms with Crippen molar-refractivity contribution in [1.82, 2.24) is 9.47 Å². The molecule has 1 saturated heterocycles. The van der Waals surface area contributed by atoms with Gasteiger partial charge in [-0.25, -0.2) is 0 Å². The van der Waals surface area contributed by atoms with E-state index >= 15 is 0 Å². The topological polar surface area (TPSA) is 62.5 Å². The molecule has 0 aromatic carbocycles. The summed E-state index contributed by atoms with van der Waals surface area (Å²) in [6, 6.07) is 1.61. The van der Waals surface area contributed by atoms with Crippen molar-refractivity contribution < 1.29 is 14.7 Å². The molecule has 2 atom stereocenters. The Bertz CT molecular complexity index is 535. The van der Waals surface area contributed by atoms with Gasteiger partial charge in [0, 0.05) is 30.9 Å². The van der Waals surface area contributed by atoms with Crippen molar-refractivity contribution in [1.29, 1.82) is 0 Å². The normalized spacial score (nSPS) is 27.6. The lowest BCUT2D eigenvalue weighted by atomic mass is 9.94. The Kier molecular flexibility index (Phi) is 2.93. The number of carbonyl (C=O) groups is 2. The minimum absolute atomic E-state index is 0.109. The van der Waals surface area contributed by atoms with Crippen LogP contribution in [0.25, 0.3) is 0 Å². The maximum atomic E-state index is 12.2. The highest BCUT2D eigenvalue weighted by Gasteiger charge is 2.35. The van der Waals surface area contributed by atoms with Crippen molar-refractivity contribution in [3.63, 3.8) is 0 Å². The first kappa shape index (κ1) is 12.4. The summed E-state index contributed by atoms with van der Waals surface area (Å²) in [5, 5.41) is 9.97. The van der Waals surface area contributed by atoms with E-state index in [0.717, 1.165) is 30.5 Å². The molecule has 1 fully saturated rings. The second-order valence-electron chi connectivity index (χ2n) is 5.38. The van der Waals surface area contributed by atoms with E-state index in [1.54, 1.807) is 7.05 Å². The first-order valence-corrected chi connectivity index (χ1v) is 6.77. The molecule has 2 aliphatic rings. The molecular formula is C14H18N2O3. The van der Waals surface area contributed by atoms with Crippen molar-refractivity contribution >= 4 is 11.8 Å². The molecule has 1 aliphatic heterocycles. The van der Waals surface area contributed by atoms with E-state index in [2.05, 4.69) is 0 Å². The summed E-state index contributed by atoms with van der Waals surface area (Å²) in [4.78, 5) is 25.0. The SMILES string of the molecule is CN1C(=O)CCC(n2ccc3c2CCCC3O)C1=O. The van der Waals surface area contributed by atoms with E-state index in [0.29, 0.717) is 12.8 Å². The maximum Gasteiger partial charge on any atom is 0.251 e. The number of amides is 2. The molecule has 0 saturated carbocycles. The number of hydrogen-bond donors (Lipinski definition) is 1. The van der Waals surface area contributed by atoms with Crippen LogP contribution in [0.15, 0.2) is 12.3 Å². The number of hydrogen-bond acceptors (Lipinski definition) is 3. The molecule has 0 spiro atoms. The Balaban J connectivity index is 1.95. The average Bonchev–Trinajstić information content (AvgIpc) is 2.82. The van der Waals surface area contributed by atoms with Gasteiger partial charge in [-0.05, 0) is 31.7 Å². The summed E-state index contributed by atoms with van der Waals surface area (Å²) in [5.41, 5.74) is 2.00. The minimum Gasteiger partial charge on any atom is -0.388 e. The lowest BCUT2D eigenvalue weighted by Crippen LogP contribution is -2.43. The predicted molar refractivity (Wildman–Crippen MR) is 68.4 cm³/mol. The number of likely N-dealkylation sites (tertiary alicyclic amines) is 1. The third-order valence-electron chi connectivity index (χ3n) is 4.27. The number of carbonyl (C=O) groups excluding carboxylic acids is 2. The fourth-order valence-corrected chi connectivity index (χ4v) is 3.14. The van der Waals surface area contributed by atoms with Crippen molar-refractivity contribution in [2.24, 2.45) is 0 Å². The lowest BCUT2D eigenvalue weighted by Gasteiger charge is -2.31. The Morgan fingerprint density at radius 3 is 2.84 bits per heavy atom. The molecule has 1 N–H and O–H groups in total. The number of nitrogens with zero attached hydrogens (tertiary/aromatic N) is 2. The van der Waals surface area contributed by atoms with Gasteiger partial charge in [0.25, 0.3) is 5.91 Å². The highest BCUT2D eigenvalue weighted by Crippen LogP contribution is 2.34. The number of likely N-dealkylation sites (N-methyl/N-ethyl adjacent to an activating group) is 1. The van der Waals surface area contributed by atoms with Gasteiger partial charge in [-0.1, -0.05) is 0 Å². The summed E-state index contributed by atoms with van der Waals surface area (Å²) in [7, 11) is 1.54. The van der Waals surface area contributed by atoms with Gasteiger partial charge in [-0.3, -0.25) is 14.5 Å². The Labute approximate surface area is 111 Å². The van der Waals surface area contributed by atoms with Crippen molar-refractivity contribution in [2.45, 2.75) is 44.2 Å². The molecule has 2 unspecified atom stereocenters. The lowest BCUT2D eigenvalue weighted by molar-refractivity contribution is -0.149. The molecule has 1 aromatic heterocycles. The summed E-state index contributed by atoms with van der Waals surface area (Å²) in [5.74, 6) is -0.253. The van der Waals surface area contributed by atoms with E-state index in [1.165, 1.54) is 4.90 Å². The summed E-state index contributed by atoms with van der Waals surface area (Å²) in [6.45, 7) is 0. The number of fused-ring (bicyclic) bond motifs is 1. The fourth-order valence-electron chi connectivity index (χ4n) is 3.14. The molecule has 1 aromatic rings. The zero-order chi connectivity index (χ0) is 13.6. The van der Waals surface area contributed by atoms with Crippen LogP contribution in [-0.2, 0) is 16.0 Å². The van der Waals surface area contributed by atoms with Crippen LogP contribution >= 0.6 is 0 Å². The molecule has 102 valence electrons. The highest BCUT2D eigenvalue weighted by molar-refractivity contribution is 5.99. The first-order valence-electron chi connectivity index (χ1n) is 6.77. The van der Waals surface area contributed by atoms with Crippen molar-refractivity contribution in [3.05, 3.63) is 23.5 Å². The number of aliphatic hydroxyl groups is 1. The van der Waals surface area contributed by atoms with Crippen LogP contribution in [0.5, 0.6) is 0 Å². The maximum absolute atomic E-state index is 12.2. The number of aliphatic hydroxyl groups excluding tert-OH is 1. The van der Waals surface area contributed by atoms with Crippen LogP contribution in [0.4, 0.5) is 0 Å². The monoisotopic (exact) mass is 262 g/mol. The molecule has 2 amide bonds. The van der Waals surface area contributed by atoms with Gasteiger partial charge >= 0.3 is 0 Å². The Morgan fingerprint density at radius 2 is 2.05 bits per heavy atom. The van der Waals surface area contributed by atoms with Crippen LogP contribution in [0.2, 0.25) is 0 Å². The average molecular weight is 262 g/mol. The fraction of sp³-hybridized carbons (Fsp3) is 0.571. The summed E-state index contributed by atoms with van der Waals surface area (Å²) in [6.07, 6.45) is 5.04. The molecule has 19 heavy (non-hydrogen) atoms. The van der Waals surface area contributed by atoms with Gasteiger partial charge in [0.2, 0.25) is 5.91 Å². The second kappa shape index (κ2) is 4.49. The summed E-state index contributed by atoms with van der Waals surface area (Å²) < 4.78 is 1.96. The van der Waals surface area contributed by atoms with Crippen LogP contribution in [0.1, 0.15) is 49.1 Å². The standard InChI is InChI=1S/C14H18N2O3/c1-15-13(18)6-5-11(14(15)19)16-8-7-9-10(16)3-2-4-12(9)17/h7-8,11-12,17H,2-6H2,1H3. The molecule has 5 heteroatoms. The number of imide groups is 1. The minimum atomic E-state index is -0.414. The van der Waals surface area contributed by atoms with E-state index in [4.69, 9.17) is 0 Å². The second-order valence-corrected chi connectivity index (χ2v) is 5.38. The van der Waals surface area contributed by atoms with E-state index in [9.17, 15) is 14.7 Å². The molecule has 5 nitrogen and oxygen atoms in total. The number of aromatic nitrogens is 1. The Hall–Kier alpha value is -1.62. The van der Waals surface area contributed by atoms with Crippen molar-refractivity contribution in [2.75, 3.05) is 7.05 Å². The molecular weight excluding hydrogens is 244 g/mol. The third-order valence-corrected chi connectivity index (χ3v) is 4.27. The quantitative estimate of drug-likeness (QED) is 0.773. The van der Waals surface area contributed by atoms with Gasteiger partial charge in [-0.15, -0.1) is 0 Å². The molecule has 0 bridgehead atoms. The molecule has 1 aliphatic carbocycles. The third kappa shape index (κ3) is 1.89. The van der Waals surface area contributed by atoms with Gasteiger partial charge in [0.15, 0.2) is 0 Å². The van der Waals surface area contributed by atoms with Crippen LogP contribution in [0, 0.1) is 0 Å². The van der Waals surface area contributed by atoms with Crippen LogP contribution in [-0.4, -0.2) is 33.4 Å². The number of rotatable bonds is 1. The highest BCUT2D eigenvalue weighted by atomic mass is 16.3. The van der Waals surface area contributed by atoms with Gasteiger partial charge in [-0.2, -0.15) is 0 Å². The van der Waals surface area contributed by atoms with Crippen LogP contribution < -0.4 is 0 Å². The van der Waals surface area contributed by atoms with Crippen LogP contribution in [0.3, 0.4) is 0 Å². The van der Waals surface area contributed by atoms with E-state index in [-0.39, 0.29) is 17.9 Å². The zero-order valence-corrected chi connectivity index (χ0v) is 11.0. The zero-order valence-electron chi connectivity index (χ0n) is 11.0. The molecule has 3 rings (SSSR count). The molecule has 2 heterocycles. The first-order chi connectivity index (χ1) is 9.09. The van der Waals surface area contributed by atoms with Gasteiger partial charge in [0.05, 0.1) is 6.10 Å².